The number of carbonyl (C=O) groups is 1. The van der Waals surface area contributed by atoms with Crippen LogP contribution in [-0.2, 0) is 11.2 Å². The lowest BCUT2D eigenvalue weighted by molar-refractivity contribution is -0.0202. The number of urea groups is 1. The molecule has 0 spiro atoms. The molecule has 5 nitrogen and oxygen atoms in total. The van der Waals surface area contributed by atoms with Gasteiger partial charge in [-0.25, -0.2) is 4.79 Å². The Morgan fingerprint density at radius 3 is 2.90 bits per heavy atom. The molecule has 0 unspecified atom stereocenters. The first-order valence-electron chi connectivity index (χ1n) is 7.20. The minimum atomic E-state index is 0.0751. The molecule has 2 fully saturated rings. The van der Waals surface area contributed by atoms with Crippen LogP contribution in [0.3, 0.4) is 0 Å². The molecule has 3 rings (SSSR count). The van der Waals surface area contributed by atoms with E-state index < -0.39 is 0 Å². The normalized spacial score (nSPS) is 20.7. The molecule has 3 heterocycles. The number of carbonyl (C=O) groups excluding carboxylic acids is 1. The number of ether oxygens (including phenoxy) is 1. The molecule has 0 aromatic carbocycles. The minimum absolute atomic E-state index is 0.0751. The number of hydrogen-bond acceptors (Lipinski definition) is 4. The Labute approximate surface area is 123 Å². The summed E-state index contributed by atoms with van der Waals surface area (Å²) in [7, 11) is 0. The Hall–Kier alpha value is -1.11. The number of morpholine rings is 1. The van der Waals surface area contributed by atoms with Gasteiger partial charge in [-0.05, 0) is 17.9 Å². The fraction of sp³-hybridized carbons (Fsp3) is 0.643. The number of hydrogen-bond donors (Lipinski definition) is 1. The SMILES string of the molecule is O=C(NCCc1cccs1)N1CC(N2CCOCC2)C1. The molecule has 1 aromatic rings. The third-order valence-corrected chi connectivity index (χ3v) is 4.88. The van der Waals surface area contributed by atoms with Crippen molar-refractivity contribution < 1.29 is 9.53 Å². The maximum atomic E-state index is 12.0. The summed E-state index contributed by atoms with van der Waals surface area (Å²) in [5.41, 5.74) is 0. The van der Waals surface area contributed by atoms with Gasteiger partial charge < -0.3 is 15.0 Å². The molecule has 2 aliphatic rings. The van der Waals surface area contributed by atoms with Crippen molar-refractivity contribution in [1.82, 2.24) is 15.1 Å². The second-order valence-electron chi connectivity index (χ2n) is 5.27. The Kier molecular flexibility index (Phi) is 4.54. The van der Waals surface area contributed by atoms with Gasteiger partial charge in [-0.15, -0.1) is 11.3 Å². The fourth-order valence-corrected chi connectivity index (χ4v) is 3.36. The zero-order chi connectivity index (χ0) is 13.8. The third-order valence-electron chi connectivity index (χ3n) is 3.94. The highest BCUT2D eigenvalue weighted by molar-refractivity contribution is 7.09. The van der Waals surface area contributed by atoms with Crippen molar-refractivity contribution in [2.45, 2.75) is 12.5 Å². The minimum Gasteiger partial charge on any atom is -0.379 e. The van der Waals surface area contributed by atoms with Gasteiger partial charge in [0.05, 0.1) is 13.2 Å². The summed E-state index contributed by atoms with van der Waals surface area (Å²) in [5.74, 6) is 0. The molecule has 20 heavy (non-hydrogen) atoms. The van der Waals surface area contributed by atoms with Gasteiger partial charge in [0.2, 0.25) is 0 Å². The van der Waals surface area contributed by atoms with Crippen LogP contribution in [0.4, 0.5) is 4.79 Å². The van der Waals surface area contributed by atoms with E-state index in [4.69, 9.17) is 4.74 Å². The van der Waals surface area contributed by atoms with Crippen molar-refractivity contribution >= 4 is 17.4 Å². The summed E-state index contributed by atoms with van der Waals surface area (Å²) >= 11 is 1.74. The van der Waals surface area contributed by atoms with E-state index in [1.165, 1.54) is 4.88 Å². The third kappa shape index (κ3) is 3.31. The molecule has 0 atom stereocenters. The van der Waals surface area contributed by atoms with Gasteiger partial charge >= 0.3 is 6.03 Å². The molecule has 2 aliphatic heterocycles. The van der Waals surface area contributed by atoms with E-state index in [1.807, 2.05) is 11.0 Å². The molecule has 6 heteroatoms. The number of amides is 2. The quantitative estimate of drug-likeness (QED) is 0.902. The summed E-state index contributed by atoms with van der Waals surface area (Å²) < 4.78 is 5.35. The van der Waals surface area contributed by atoms with Crippen molar-refractivity contribution in [2.75, 3.05) is 45.9 Å². The standard InChI is InChI=1S/C14H21N3O2S/c18-14(15-4-3-13-2-1-9-20-13)17-10-12(11-17)16-5-7-19-8-6-16/h1-2,9,12H,3-8,10-11H2,(H,15,18). The van der Waals surface area contributed by atoms with E-state index in [0.717, 1.165) is 52.4 Å². The molecular formula is C14H21N3O2S. The molecule has 0 saturated carbocycles. The van der Waals surface area contributed by atoms with Crippen LogP contribution in [0.1, 0.15) is 4.88 Å². The van der Waals surface area contributed by atoms with E-state index in [9.17, 15) is 4.79 Å². The smallest absolute Gasteiger partial charge is 0.317 e. The first-order valence-corrected chi connectivity index (χ1v) is 8.08. The summed E-state index contributed by atoms with van der Waals surface area (Å²) in [6.07, 6.45) is 0.921. The van der Waals surface area contributed by atoms with Gasteiger partial charge in [-0.1, -0.05) is 6.07 Å². The first-order chi connectivity index (χ1) is 9.83. The lowest BCUT2D eigenvalue weighted by Crippen LogP contribution is -2.64. The predicted molar refractivity (Wildman–Crippen MR) is 79.2 cm³/mol. The fourth-order valence-electron chi connectivity index (χ4n) is 2.65. The monoisotopic (exact) mass is 295 g/mol. The lowest BCUT2D eigenvalue weighted by Gasteiger charge is -2.46. The van der Waals surface area contributed by atoms with Crippen molar-refractivity contribution in [2.24, 2.45) is 0 Å². The van der Waals surface area contributed by atoms with Crippen LogP contribution in [0.2, 0.25) is 0 Å². The lowest BCUT2D eigenvalue weighted by atomic mass is 10.1. The maximum absolute atomic E-state index is 12.0. The first kappa shape index (κ1) is 13.9. The molecule has 1 N–H and O–H groups in total. The average molecular weight is 295 g/mol. The van der Waals surface area contributed by atoms with E-state index in [2.05, 4.69) is 21.7 Å². The highest BCUT2D eigenvalue weighted by Crippen LogP contribution is 2.16. The maximum Gasteiger partial charge on any atom is 0.317 e. The highest BCUT2D eigenvalue weighted by Gasteiger charge is 2.35. The topological polar surface area (TPSA) is 44.8 Å². The van der Waals surface area contributed by atoms with Crippen molar-refractivity contribution in [3.05, 3.63) is 22.4 Å². The van der Waals surface area contributed by atoms with E-state index in [-0.39, 0.29) is 6.03 Å². The number of likely N-dealkylation sites (tertiary alicyclic amines) is 1. The summed E-state index contributed by atoms with van der Waals surface area (Å²) in [4.78, 5) is 17.6. The molecule has 2 amide bonds. The number of nitrogens with zero attached hydrogens (tertiary/aromatic N) is 2. The second kappa shape index (κ2) is 6.56. The van der Waals surface area contributed by atoms with E-state index in [0.29, 0.717) is 6.04 Å². The van der Waals surface area contributed by atoms with Crippen LogP contribution in [0.15, 0.2) is 17.5 Å². The number of rotatable bonds is 4. The molecule has 0 aliphatic carbocycles. The highest BCUT2D eigenvalue weighted by atomic mass is 32.1. The van der Waals surface area contributed by atoms with Crippen LogP contribution in [0.5, 0.6) is 0 Å². The molecular weight excluding hydrogens is 274 g/mol. The summed E-state index contributed by atoms with van der Waals surface area (Å²) in [6.45, 7) is 6.07. The molecule has 0 radical (unpaired) electrons. The molecule has 2 saturated heterocycles. The average Bonchev–Trinajstić information content (AvgIpc) is 2.91. The van der Waals surface area contributed by atoms with Gasteiger partial charge in [-0.3, -0.25) is 4.90 Å². The summed E-state index contributed by atoms with van der Waals surface area (Å²) in [5, 5.41) is 5.07. The number of nitrogens with one attached hydrogen (secondary N) is 1. The zero-order valence-electron chi connectivity index (χ0n) is 11.6. The Morgan fingerprint density at radius 2 is 2.20 bits per heavy atom. The van der Waals surface area contributed by atoms with Gasteiger partial charge in [-0.2, -0.15) is 0 Å². The van der Waals surface area contributed by atoms with Gasteiger partial charge in [0, 0.05) is 43.6 Å². The summed E-state index contributed by atoms with van der Waals surface area (Å²) in [6, 6.07) is 4.76. The predicted octanol–water partition coefficient (Wildman–Crippen LogP) is 1.02. The van der Waals surface area contributed by atoms with Crippen LogP contribution in [0, 0.1) is 0 Å². The number of thiophene rings is 1. The van der Waals surface area contributed by atoms with E-state index >= 15 is 0 Å². The van der Waals surface area contributed by atoms with Gasteiger partial charge in [0.25, 0.3) is 0 Å². The second-order valence-corrected chi connectivity index (χ2v) is 6.30. The molecule has 110 valence electrons. The zero-order valence-corrected chi connectivity index (χ0v) is 12.4. The Bertz CT molecular complexity index is 426. The van der Waals surface area contributed by atoms with Crippen LogP contribution >= 0.6 is 11.3 Å². The van der Waals surface area contributed by atoms with Crippen LogP contribution in [-0.4, -0.2) is 67.8 Å². The van der Waals surface area contributed by atoms with Gasteiger partial charge in [0.15, 0.2) is 0 Å². The van der Waals surface area contributed by atoms with Crippen LogP contribution in [0.25, 0.3) is 0 Å². The van der Waals surface area contributed by atoms with Crippen LogP contribution < -0.4 is 5.32 Å². The van der Waals surface area contributed by atoms with Gasteiger partial charge in [0.1, 0.15) is 0 Å². The Morgan fingerprint density at radius 1 is 1.40 bits per heavy atom. The molecule has 1 aromatic heterocycles. The van der Waals surface area contributed by atoms with Crippen molar-refractivity contribution in [3.63, 3.8) is 0 Å². The van der Waals surface area contributed by atoms with Crippen molar-refractivity contribution in [3.8, 4) is 0 Å². The van der Waals surface area contributed by atoms with E-state index in [1.54, 1.807) is 11.3 Å². The largest absolute Gasteiger partial charge is 0.379 e. The van der Waals surface area contributed by atoms with Crippen molar-refractivity contribution in [1.29, 1.82) is 0 Å². The Balaban J connectivity index is 1.33. The molecule has 0 bridgehead atoms.